The lowest BCUT2D eigenvalue weighted by atomic mass is 10.1. The summed E-state index contributed by atoms with van der Waals surface area (Å²) >= 11 is 5.55. The largest absolute Gasteiger partial charge is 0.352 e. The molecule has 90 valence electrons. The second kappa shape index (κ2) is 7.70. The van der Waals surface area contributed by atoms with Gasteiger partial charge in [0, 0.05) is 18.0 Å². The molecule has 0 fully saturated rings. The van der Waals surface area contributed by atoms with Gasteiger partial charge in [-0.2, -0.15) is 5.26 Å². The molecule has 1 amide bonds. The fraction of sp³-hybridized carbons (Fsp3) is 0.385. The van der Waals surface area contributed by atoms with Crippen molar-refractivity contribution in [1.29, 1.82) is 5.26 Å². The van der Waals surface area contributed by atoms with Gasteiger partial charge < -0.3 is 5.32 Å². The van der Waals surface area contributed by atoms with Crippen LogP contribution in [0.4, 0.5) is 0 Å². The Kier molecular flexibility index (Phi) is 6.13. The lowest BCUT2D eigenvalue weighted by Gasteiger charge is -2.04. The lowest BCUT2D eigenvalue weighted by molar-refractivity contribution is 0.0953. The molecule has 4 heteroatoms. The molecular formula is C13H15ClN2O. The van der Waals surface area contributed by atoms with Crippen molar-refractivity contribution in [2.24, 2.45) is 0 Å². The molecule has 0 spiro atoms. The maximum atomic E-state index is 11.7. The van der Waals surface area contributed by atoms with E-state index in [-0.39, 0.29) is 5.91 Å². The summed E-state index contributed by atoms with van der Waals surface area (Å²) in [7, 11) is 0. The minimum Gasteiger partial charge on any atom is -0.352 e. The summed E-state index contributed by atoms with van der Waals surface area (Å²) in [4.78, 5) is 11.7. The van der Waals surface area contributed by atoms with Gasteiger partial charge in [0.1, 0.15) is 0 Å². The van der Waals surface area contributed by atoms with E-state index >= 15 is 0 Å². The van der Waals surface area contributed by atoms with Crippen LogP contribution in [0, 0.1) is 11.3 Å². The second-order valence-corrected chi connectivity index (χ2v) is 4.07. The quantitative estimate of drug-likeness (QED) is 0.623. The molecular weight excluding hydrogens is 236 g/mol. The summed E-state index contributed by atoms with van der Waals surface area (Å²) in [5.41, 5.74) is 1.14. The van der Waals surface area contributed by atoms with Crippen LogP contribution in [0.2, 0.25) is 0 Å². The van der Waals surface area contributed by atoms with Crippen molar-refractivity contribution < 1.29 is 4.79 Å². The number of carbonyl (C=O) groups excluding carboxylic acids is 1. The Labute approximate surface area is 106 Å². The molecule has 0 radical (unpaired) electrons. The summed E-state index contributed by atoms with van der Waals surface area (Å²) in [6, 6.07) is 8.62. The Hall–Kier alpha value is -1.53. The fourth-order valence-corrected chi connectivity index (χ4v) is 1.59. The highest BCUT2D eigenvalue weighted by atomic mass is 35.5. The smallest absolute Gasteiger partial charge is 0.251 e. The predicted molar refractivity (Wildman–Crippen MR) is 68.1 cm³/mol. The number of nitriles is 1. The third-order valence-corrected chi connectivity index (χ3v) is 2.64. The number of benzene rings is 1. The first-order valence-electron chi connectivity index (χ1n) is 5.62. The van der Waals surface area contributed by atoms with Crippen LogP contribution in [0.5, 0.6) is 0 Å². The lowest BCUT2D eigenvalue weighted by Crippen LogP contribution is -2.24. The minimum atomic E-state index is -0.0969. The number of alkyl halides is 1. The first-order valence-corrected chi connectivity index (χ1v) is 6.15. The molecule has 0 bridgehead atoms. The van der Waals surface area contributed by atoms with Gasteiger partial charge >= 0.3 is 0 Å². The van der Waals surface area contributed by atoms with Crippen molar-refractivity contribution in [2.45, 2.75) is 19.3 Å². The molecule has 1 rings (SSSR count). The summed E-state index contributed by atoms with van der Waals surface area (Å²) in [5.74, 6) is 0.573. The van der Waals surface area contributed by atoms with Gasteiger partial charge in [-0.05, 0) is 37.1 Å². The molecule has 1 aromatic rings. The van der Waals surface area contributed by atoms with Crippen molar-refractivity contribution in [3.8, 4) is 6.07 Å². The van der Waals surface area contributed by atoms with E-state index in [2.05, 4.69) is 5.32 Å². The Bertz CT molecular complexity index is 395. The third-order valence-electron chi connectivity index (χ3n) is 2.37. The maximum Gasteiger partial charge on any atom is 0.251 e. The van der Waals surface area contributed by atoms with Crippen LogP contribution in [0.25, 0.3) is 0 Å². The van der Waals surface area contributed by atoms with Crippen LogP contribution in [-0.4, -0.2) is 18.3 Å². The maximum absolute atomic E-state index is 11.7. The van der Waals surface area contributed by atoms with Gasteiger partial charge in [-0.25, -0.2) is 0 Å². The van der Waals surface area contributed by atoms with E-state index < -0.39 is 0 Å². The molecule has 1 N–H and O–H groups in total. The Morgan fingerprint density at radius 3 is 2.53 bits per heavy atom. The van der Waals surface area contributed by atoms with E-state index in [0.29, 0.717) is 23.6 Å². The van der Waals surface area contributed by atoms with Gasteiger partial charge in [-0.3, -0.25) is 4.79 Å². The molecule has 0 saturated carbocycles. The molecule has 1 aromatic carbocycles. The van der Waals surface area contributed by atoms with Gasteiger partial charge in [-0.15, -0.1) is 11.6 Å². The highest BCUT2D eigenvalue weighted by Gasteiger charge is 2.03. The van der Waals surface area contributed by atoms with Gasteiger partial charge in [0.25, 0.3) is 5.91 Å². The van der Waals surface area contributed by atoms with Crippen molar-refractivity contribution in [1.82, 2.24) is 5.32 Å². The standard InChI is InChI=1S/C13H15ClN2O/c14-8-2-1-3-9-16-13(17)12-6-4-11(10-15)5-7-12/h4-7H,1-3,8-9H2,(H,16,17). The summed E-state index contributed by atoms with van der Waals surface area (Å²) < 4.78 is 0. The normalized spacial score (nSPS) is 9.65. The van der Waals surface area contributed by atoms with Gasteiger partial charge in [0.2, 0.25) is 0 Å². The zero-order chi connectivity index (χ0) is 12.5. The summed E-state index contributed by atoms with van der Waals surface area (Å²) in [5, 5.41) is 11.5. The van der Waals surface area contributed by atoms with Crippen LogP contribution in [0.1, 0.15) is 35.2 Å². The SMILES string of the molecule is N#Cc1ccc(C(=O)NCCCCCCl)cc1. The van der Waals surface area contributed by atoms with Gasteiger partial charge in [-0.1, -0.05) is 6.42 Å². The van der Waals surface area contributed by atoms with E-state index in [9.17, 15) is 4.79 Å². The molecule has 0 saturated heterocycles. The van der Waals surface area contributed by atoms with E-state index in [1.165, 1.54) is 0 Å². The van der Waals surface area contributed by atoms with E-state index in [1.807, 2.05) is 6.07 Å². The van der Waals surface area contributed by atoms with E-state index in [4.69, 9.17) is 16.9 Å². The number of hydrogen-bond donors (Lipinski definition) is 1. The highest BCUT2D eigenvalue weighted by molar-refractivity contribution is 6.17. The molecule has 17 heavy (non-hydrogen) atoms. The second-order valence-electron chi connectivity index (χ2n) is 3.69. The molecule has 0 atom stereocenters. The minimum absolute atomic E-state index is 0.0969. The molecule has 0 heterocycles. The topological polar surface area (TPSA) is 52.9 Å². The number of nitrogens with zero attached hydrogens (tertiary/aromatic N) is 1. The molecule has 0 aromatic heterocycles. The molecule has 0 aliphatic rings. The van der Waals surface area contributed by atoms with Crippen LogP contribution in [0.3, 0.4) is 0 Å². The summed E-state index contributed by atoms with van der Waals surface area (Å²) in [6.45, 7) is 0.662. The van der Waals surface area contributed by atoms with Crippen molar-refractivity contribution in [3.63, 3.8) is 0 Å². The number of nitrogens with one attached hydrogen (secondary N) is 1. The first-order chi connectivity index (χ1) is 8.27. The Morgan fingerprint density at radius 2 is 1.94 bits per heavy atom. The summed E-state index contributed by atoms with van der Waals surface area (Å²) in [6.07, 6.45) is 2.94. The molecule has 0 aliphatic carbocycles. The third kappa shape index (κ3) is 4.88. The Morgan fingerprint density at radius 1 is 1.24 bits per heavy atom. The average molecular weight is 251 g/mol. The van der Waals surface area contributed by atoms with E-state index in [0.717, 1.165) is 19.3 Å². The monoisotopic (exact) mass is 250 g/mol. The van der Waals surface area contributed by atoms with Crippen LogP contribution < -0.4 is 5.32 Å². The number of unbranched alkanes of at least 4 members (excludes halogenated alkanes) is 2. The van der Waals surface area contributed by atoms with Crippen molar-refractivity contribution in [3.05, 3.63) is 35.4 Å². The molecule has 0 aliphatic heterocycles. The number of hydrogen-bond acceptors (Lipinski definition) is 2. The van der Waals surface area contributed by atoms with Crippen LogP contribution in [0.15, 0.2) is 24.3 Å². The van der Waals surface area contributed by atoms with Gasteiger partial charge in [0.15, 0.2) is 0 Å². The molecule has 0 unspecified atom stereocenters. The van der Waals surface area contributed by atoms with Gasteiger partial charge in [0.05, 0.1) is 11.6 Å². The number of halogens is 1. The zero-order valence-electron chi connectivity index (χ0n) is 9.58. The van der Waals surface area contributed by atoms with Crippen molar-refractivity contribution in [2.75, 3.05) is 12.4 Å². The first kappa shape index (κ1) is 13.5. The predicted octanol–water partition coefficient (Wildman–Crippen LogP) is 2.70. The zero-order valence-corrected chi connectivity index (χ0v) is 10.3. The molecule has 3 nitrogen and oxygen atoms in total. The number of rotatable bonds is 6. The van der Waals surface area contributed by atoms with Crippen molar-refractivity contribution >= 4 is 17.5 Å². The fourth-order valence-electron chi connectivity index (χ4n) is 1.40. The number of amides is 1. The number of carbonyl (C=O) groups is 1. The van der Waals surface area contributed by atoms with E-state index in [1.54, 1.807) is 24.3 Å². The highest BCUT2D eigenvalue weighted by Crippen LogP contribution is 2.03. The van der Waals surface area contributed by atoms with Crippen LogP contribution in [-0.2, 0) is 0 Å². The average Bonchev–Trinajstić information content (AvgIpc) is 2.38. The Balaban J connectivity index is 2.34. The van der Waals surface area contributed by atoms with Crippen LogP contribution >= 0.6 is 11.6 Å².